The van der Waals surface area contributed by atoms with Crippen LogP contribution >= 0.6 is 11.3 Å². The van der Waals surface area contributed by atoms with Crippen LogP contribution < -0.4 is 10.2 Å². The molecule has 0 atom stereocenters. The maximum Gasteiger partial charge on any atom is 0.416 e. The summed E-state index contributed by atoms with van der Waals surface area (Å²) in [6.45, 7) is 1.28. The molecule has 29 heavy (non-hydrogen) atoms. The summed E-state index contributed by atoms with van der Waals surface area (Å²) in [5, 5.41) is 12.6. The van der Waals surface area contributed by atoms with Crippen LogP contribution in [0.1, 0.15) is 18.4 Å². The number of hydrogen-bond acceptors (Lipinski definition) is 5. The molecule has 1 fully saturated rings. The van der Waals surface area contributed by atoms with Crippen LogP contribution in [-0.4, -0.2) is 33.8 Å². The topological polar surface area (TPSA) is 63.1 Å². The van der Waals surface area contributed by atoms with Gasteiger partial charge in [-0.3, -0.25) is 9.36 Å². The molecule has 1 aliphatic heterocycles. The third-order valence-corrected chi connectivity index (χ3v) is 5.82. The first-order valence-electron chi connectivity index (χ1n) is 9.10. The average molecular weight is 421 g/mol. The Morgan fingerprint density at radius 2 is 1.76 bits per heavy atom. The van der Waals surface area contributed by atoms with Crippen molar-refractivity contribution in [2.75, 3.05) is 23.3 Å². The van der Waals surface area contributed by atoms with Crippen LogP contribution in [0.5, 0.6) is 0 Å². The summed E-state index contributed by atoms with van der Waals surface area (Å²) in [5.74, 6) is -0.507. The zero-order chi connectivity index (χ0) is 20.4. The molecule has 0 spiro atoms. The summed E-state index contributed by atoms with van der Waals surface area (Å²) in [6.07, 6.45) is 0.559. The molecule has 6 nitrogen and oxygen atoms in total. The smallest absolute Gasteiger partial charge is 0.347 e. The van der Waals surface area contributed by atoms with E-state index in [0.717, 1.165) is 22.4 Å². The molecule has 0 radical (unpaired) electrons. The van der Waals surface area contributed by atoms with Gasteiger partial charge in [0.25, 0.3) is 0 Å². The molecular formula is C19H18F3N5OS. The largest absolute Gasteiger partial charge is 0.416 e. The first kappa shape index (κ1) is 19.4. The van der Waals surface area contributed by atoms with Gasteiger partial charge in [0, 0.05) is 37.1 Å². The van der Waals surface area contributed by atoms with E-state index in [1.54, 1.807) is 0 Å². The normalized spacial score (nSPS) is 15.5. The van der Waals surface area contributed by atoms with E-state index in [2.05, 4.69) is 20.4 Å². The number of benzene rings is 1. The quantitative estimate of drug-likeness (QED) is 0.686. The predicted molar refractivity (Wildman–Crippen MR) is 104 cm³/mol. The van der Waals surface area contributed by atoms with Gasteiger partial charge < -0.3 is 10.2 Å². The fourth-order valence-electron chi connectivity index (χ4n) is 3.25. The van der Waals surface area contributed by atoms with Crippen LogP contribution in [0.4, 0.5) is 24.0 Å². The van der Waals surface area contributed by atoms with Crippen molar-refractivity contribution >= 4 is 28.1 Å². The molecule has 3 aromatic rings. The number of hydrogen-bond donors (Lipinski definition) is 1. The molecule has 152 valence electrons. The molecule has 1 saturated heterocycles. The van der Waals surface area contributed by atoms with Gasteiger partial charge in [-0.1, -0.05) is 17.4 Å². The number of amides is 1. The lowest BCUT2D eigenvalue weighted by Gasteiger charge is -2.30. The van der Waals surface area contributed by atoms with Crippen molar-refractivity contribution in [3.8, 4) is 5.13 Å². The van der Waals surface area contributed by atoms with E-state index >= 15 is 0 Å². The number of nitrogens with one attached hydrogen (secondary N) is 1. The second-order valence-corrected chi connectivity index (χ2v) is 7.72. The van der Waals surface area contributed by atoms with Gasteiger partial charge in [0.05, 0.1) is 5.56 Å². The minimum Gasteiger partial charge on any atom is -0.347 e. The molecular weight excluding hydrogens is 403 g/mol. The minimum absolute atomic E-state index is 0.160. The molecule has 0 aliphatic carbocycles. The van der Waals surface area contributed by atoms with E-state index < -0.39 is 11.7 Å². The number of aromatic nitrogens is 3. The van der Waals surface area contributed by atoms with Crippen molar-refractivity contribution in [3.05, 3.63) is 54.4 Å². The number of alkyl halides is 3. The summed E-state index contributed by atoms with van der Waals surface area (Å²) in [5.41, 5.74) is -0.618. The van der Waals surface area contributed by atoms with Crippen molar-refractivity contribution in [2.45, 2.75) is 19.0 Å². The Morgan fingerprint density at radius 3 is 2.45 bits per heavy atom. The van der Waals surface area contributed by atoms with Gasteiger partial charge in [0.15, 0.2) is 0 Å². The average Bonchev–Trinajstić information content (AvgIpc) is 3.39. The number of halogens is 3. The summed E-state index contributed by atoms with van der Waals surface area (Å²) in [7, 11) is 0. The van der Waals surface area contributed by atoms with Crippen molar-refractivity contribution < 1.29 is 18.0 Å². The molecule has 1 aliphatic rings. The maximum absolute atomic E-state index is 12.8. The molecule has 0 saturated carbocycles. The third-order valence-electron chi connectivity index (χ3n) is 4.82. The lowest BCUT2D eigenvalue weighted by Crippen LogP contribution is -2.38. The van der Waals surface area contributed by atoms with Gasteiger partial charge in [-0.05, 0) is 43.2 Å². The second-order valence-electron chi connectivity index (χ2n) is 6.79. The number of carbonyl (C=O) groups excluding carboxylic acids is 1. The number of carbonyl (C=O) groups is 1. The highest BCUT2D eigenvalue weighted by Crippen LogP contribution is 2.31. The molecule has 1 aromatic carbocycles. The van der Waals surface area contributed by atoms with Gasteiger partial charge in [0.1, 0.15) is 0 Å². The van der Waals surface area contributed by atoms with Crippen molar-refractivity contribution in [1.29, 1.82) is 0 Å². The van der Waals surface area contributed by atoms with E-state index in [4.69, 9.17) is 0 Å². The SMILES string of the molecule is O=C(Nc1cccc(C(F)(F)F)c1)C1CCN(c2nnc(-n3cccc3)s2)CC1. The van der Waals surface area contributed by atoms with Crippen LogP contribution in [0.2, 0.25) is 0 Å². The lowest BCUT2D eigenvalue weighted by molar-refractivity contribution is -0.137. The van der Waals surface area contributed by atoms with Crippen molar-refractivity contribution in [1.82, 2.24) is 14.8 Å². The highest BCUT2D eigenvalue weighted by atomic mass is 32.1. The highest BCUT2D eigenvalue weighted by Gasteiger charge is 2.31. The summed E-state index contributed by atoms with van der Waals surface area (Å²) in [4.78, 5) is 14.6. The number of nitrogens with zero attached hydrogens (tertiary/aromatic N) is 4. The van der Waals surface area contributed by atoms with E-state index in [1.807, 2.05) is 29.1 Å². The van der Waals surface area contributed by atoms with Gasteiger partial charge in [-0.15, -0.1) is 10.2 Å². The van der Waals surface area contributed by atoms with Gasteiger partial charge in [0.2, 0.25) is 16.2 Å². The van der Waals surface area contributed by atoms with E-state index in [-0.39, 0.29) is 17.5 Å². The van der Waals surface area contributed by atoms with Gasteiger partial charge in [-0.25, -0.2) is 0 Å². The Hall–Kier alpha value is -2.88. The van der Waals surface area contributed by atoms with Crippen molar-refractivity contribution in [3.63, 3.8) is 0 Å². The van der Waals surface area contributed by atoms with Crippen LogP contribution in [0.25, 0.3) is 5.13 Å². The van der Waals surface area contributed by atoms with Crippen LogP contribution in [-0.2, 0) is 11.0 Å². The van der Waals surface area contributed by atoms with Crippen LogP contribution in [0.15, 0.2) is 48.8 Å². The first-order chi connectivity index (χ1) is 13.9. The molecule has 0 bridgehead atoms. The Labute approximate surface area is 169 Å². The monoisotopic (exact) mass is 421 g/mol. The van der Waals surface area contributed by atoms with Crippen molar-refractivity contribution in [2.24, 2.45) is 5.92 Å². The summed E-state index contributed by atoms with van der Waals surface area (Å²) in [6, 6.07) is 8.52. The van der Waals surface area contributed by atoms with E-state index in [1.165, 1.54) is 23.5 Å². The molecule has 2 aromatic heterocycles. The molecule has 10 heteroatoms. The Balaban J connectivity index is 1.34. The minimum atomic E-state index is -4.44. The number of anilines is 2. The van der Waals surface area contributed by atoms with Crippen LogP contribution in [0.3, 0.4) is 0 Å². The first-order valence-corrected chi connectivity index (χ1v) is 9.92. The Kier molecular flexibility index (Phi) is 5.27. The number of rotatable bonds is 4. The molecule has 3 heterocycles. The maximum atomic E-state index is 12.8. The summed E-state index contributed by atoms with van der Waals surface area (Å²) < 4.78 is 40.4. The van der Waals surface area contributed by atoms with Crippen LogP contribution in [0, 0.1) is 5.92 Å². The molecule has 4 rings (SSSR count). The zero-order valence-electron chi connectivity index (χ0n) is 15.3. The molecule has 1 N–H and O–H groups in total. The predicted octanol–water partition coefficient (Wildman–Crippen LogP) is 4.20. The standard InChI is InChI=1S/C19H18F3N5OS/c20-19(21,22)14-4-3-5-15(12-14)23-16(28)13-6-10-27(11-7-13)18-25-24-17(29-18)26-8-1-2-9-26/h1-5,8-9,12-13H,6-7,10-11H2,(H,23,28). The Morgan fingerprint density at radius 1 is 1.07 bits per heavy atom. The summed E-state index contributed by atoms with van der Waals surface area (Å²) >= 11 is 1.47. The zero-order valence-corrected chi connectivity index (χ0v) is 16.1. The van der Waals surface area contributed by atoms with E-state index in [0.29, 0.717) is 25.9 Å². The lowest BCUT2D eigenvalue weighted by atomic mass is 9.96. The number of piperidine rings is 1. The highest BCUT2D eigenvalue weighted by molar-refractivity contribution is 7.17. The Bertz CT molecular complexity index is 978. The second kappa shape index (κ2) is 7.86. The third kappa shape index (κ3) is 4.42. The molecule has 0 unspecified atom stereocenters. The fraction of sp³-hybridized carbons (Fsp3) is 0.316. The fourth-order valence-corrected chi connectivity index (χ4v) is 4.12. The molecule has 1 amide bonds. The van der Waals surface area contributed by atoms with Gasteiger partial charge in [-0.2, -0.15) is 13.2 Å². The van der Waals surface area contributed by atoms with Gasteiger partial charge >= 0.3 is 6.18 Å². The van der Waals surface area contributed by atoms with E-state index in [9.17, 15) is 18.0 Å².